The molecule has 1 atom stereocenters. The molecule has 0 amide bonds. The number of carboxylic acid groups (broad SMARTS) is 1. The molecule has 2 heterocycles. The molecule has 0 aromatic carbocycles. The van der Waals surface area contributed by atoms with Gasteiger partial charge in [-0.25, -0.2) is 0 Å². The van der Waals surface area contributed by atoms with Crippen molar-refractivity contribution >= 4 is 11.9 Å². The van der Waals surface area contributed by atoms with Gasteiger partial charge >= 0.3 is 11.9 Å². The second-order valence-electron chi connectivity index (χ2n) is 4.58. The number of furan rings is 1. The molecule has 0 aliphatic carbocycles. The van der Waals surface area contributed by atoms with Crippen LogP contribution in [0.3, 0.4) is 0 Å². The summed E-state index contributed by atoms with van der Waals surface area (Å²) in [6.45, 7) is 3.54. The predicted octanol–water partition coefficient (Wildman–Crippen LogP) is 1.34. The molecule has 1 aromatic heterocycles. The summed E-state index contributed by atoms with van der Waals surface area (Å²) in [4.78, 5) is 22.6. The summed E-state index contributed by atoms with van der Waals surface area (Å²) in [5.74, 6) is -0.725. The summed E-state index contributed by atoms with van der Waals surface area (Å²) in [7, 11) is 0. The van der Waals surface area contributed by atoms with Crippen molar-refractivity contribution in [3.8, 4) is 0 Å². The number of hydrogen-bond acceptors (Lipinski definition) is 5. The Hall–Kier alpha value is -1.89. The number of hydrogen-bond donors (Lipinski definition) is 1. The lowest BCUT2D eigenvalue weighted by molar-refractivity contribution is -0.402. The van der Waals surface area contributed by atoms with Crippen LogP contribution in [0.15, 0.2) is 16.5 Å². The number of carbonyl (C=O) groups is 1. The van der Waals surface area contributed by atoms with Gasteiger partial charge in [-0.2, -0.15) is 0 Å². The van der Waals surface area contributed by atoms with Crippen molar-refractivity contribution in [3.63, 3.8) is 0 Å². The topological polar surface area (TPSA) is 96.8 Å². The second-order valence-corrected chi connectivity index (χ2v) is 4.58. The summed E-state index contributed by atoms with van der Waals surface area (Å²) in [6.07, 6.45) is 0. The Balaban J connectivity index is 1.83. The molecular weight excluding hydrogens is 240 g/mol. The van der Waals surface area contributed by atoms with Crippen LogP contribution < -0.4 is 0 Å². The first-order valence-electron chi connectivity index (χ1n) is 5.65. The first-order valence-corrected chi connectivity index (χ1v) is 5.65. The van der Waals surface area contributed by atoms with E-state index in [1.807, 2.05) is 4.90 Å². The fraction of sp³-hybridized carbons (Fsp3) is 0.545. The molecular formula is C11H14N2O5. The molecule has 0 saturated carbocycles. The zero-order valence-electron chi connectivity index (χ0n) is 9.91. The summed E-state index contributed by atoms with van der Waals surface area (Å²) < 4.78 is 5.04. The van der Waals surface area contributed by atoms with Gasteiger partial charge < -0.3 is 9.52 Å². The molecule has 0 radical (unpaired) electrons. The lowest BCUT2D eigenvalue weighted by Gasteiger charge is -2.40. The van der Waals surface area contributed by atoms with Crippen LogP contribution in [0.25, 0.3) is 0 Å². The average molecular weight is 254 g/mol. The lowest BCUT2D eigenvalue weighted by Crippen LogP contribution is -2.50. The standard InChI is InChI=1S/C11H14N2O5/c1-7(11(14)15)8-4-12(5-8)6-9-2-3-10(18-9)13(16)17/h2-3,7-8H,4-6H2,1H3,(H,14,15). The minimum atomic E-state index is -0.784. The molecule has 1 N–H and O–H groups in total. The number of likely N-dealkylation sites (tertiary alicyclic amines) is 1. The van der Waals surface area contributed by atoms with Crippen LogP contribution in [0.1, 0.15) is 12.7 Å². The van der Waals surface area contributed by atoms with Crippen LogP contribution in [0.2, 0.25) is 0 Å². The summed E-state index contributed by atoms with van der Waals surface area (Å²) >= 11 is 0. The molecule has 0 bridgehead atoms. The molecule has 1 unspecified atom stereocenters. The highest BCUT2D eigenvalue weighted by atomic mass is 16.6. The molecule has 1 aromatic rings. The summed E-state index contributed by atoms with van der Waals surface area (Å²) in [5, 5.41) is 19.3. The van der Waals surface area contributed by atoms with Crippen LogP contribution in [-0.4, -0.2) is 34.0 Å². The molecule has 2 rings (SSSR count). The normalized spacial score (nSPS) is 18.3. The smallest absolute Gasteiger partial charge is 0.433 e. The van der Waals surface area contributed by atoms with Crippen LogP contribution in [0.4, 0.5) is 5.88 Å². The molecule has 1 fully saturated rings. The maximum Gasteiger partial charge on any atom is 0.433 e. The van der Waals surface area contributed by atoms with Gasteiger partial charge in [0.1, 0.15) is 10.7 Å². The SMILES string of the molecule is CC(C(=O)O)C1CN(Cc2ccc([N+](=O)[O-])o2)C1. The molecule has 7 heteroatoms. The first kappa shape index (κ1) is 12.6. The van der Waals surface area contributed by atoms with Gasteiger partial charge in [0.25, 0.3) is 0 Å². The Morgan fingerprint density at radius 1 is 1.67 bits per heavy atom. The van der Waals surface area contributed by atoms with Crippen molar-refractivity contribution in [1.82, 2.24) is 4.90 Å². The van der Waals surface area contributed by atoms with Gasteiger partial charge in [-0.15, -0.1) is 0 Å². The van der Waals surface area contributed by atoms with Gasteiger partial charge in [-0.3, -0.25) is 19.8 Å². The molecule has 1 saturated heterocycles. The third-order valence-corrected chi connectivity index (χ3v) is 3.29. The first-order chi connectivity index (χ1) is 8.47. The molecule has 1 aliphatic heterocycles. The minimum Gasteiger partial charge on any atom is -0.481 e. The monoisotopic (exact) mass is 254 g/mol. The highest BCUT2D eigenvalue weighted by Gasteiger charge is 2.34. The number of nitro groups is 1. The fourth-order valence-corrected chi connectivity index (χ4v) is 2.03. The van der Waals surface area contributed by atoms with Crippen LogP contribution >= 0.6 is 0 Å². The number of rotatable bonds is 5. The molecule has 7 nitrogen and oxygen atoms in total. The predicted molar refractivity (Wildman–Crippen MR) is 60.9 cm³/mol. The number of nitrogens with zero attached hydrogens (tertiary/aromatic N) is 2. The Morgan fingerprint density at radius 3 is 2.83 bits per heavy atom. The molecule has 0 spiro atoms. The Bertz CT molecular complexity index is 464. The van der Waals surface area contributed by atoms with Crippen molar-refractivity contribution in [2.24, 2.45) is 11.8 Å². The number of aliphatic carboxylic acids is 1. The van der Waals surface area contributed by atoms with Crippen molar-refractivity contribution in [2.45, 2.75) is 13.5 Å². The number of carboxylic acids is 1. The van der Waals surface area contributed by atoms with E-state index in [0.717, 1.165) is 0 Å². The Kier molecular flexibility index (Phi) is 3.33. The highest BCUT2D eigenvalue weighted by Crippen LogP contribution is 2.26. The van der Waals surface area contributed by atoms with Gasteiger partial charge in [-0.1, -0.05) is 6.92 Å². The lowest BCUT2D eigenvalue weighted by atomic mass is 9.87. The van der Waals surface area contributed by atoms with Crippen LogP contribution in [0, 0.1) is 22.0 Å². The third kappa shape index (κ3) is 2.51. The quantitative estimate of drug-likeness (QED) is 0.629. The van der Waals surface area contributed by atoms with Gasteiger partial charge in [0, 0.05) is 13.1 Å². The van der Waals surface area contributed by atoms with E-state index in [0.29, 0.717) is 25.4 Å². The van der Waals surface area contributed by atoms with Gasteiger partial charge in [-0.05, 0) is 12.0 Å². The van der Waals surface area contributed by atoms with E-state index in [1.165, 1.54) is 6.07 Å². The molecule has 1 aliphatic rings. The van der Waals surface area contributed by atoms with Gasteiger partial charge in [0.15, 0.2) is 0 Å². The summed E-state index contributed by atoms with van der Waals surface area (Å²) in [5.41, 5.74) is 0. The van der Waals surface area contributed by atoms with Gasteiger partial charge in [0.2, 0.25) is 0 Å². The van der Waals surface area contributed by atoms with Crippen LogP contribution in [-0.2, 0) is 11.3 Å². The van der Waals surface area contributed by atoms with E-state index in [9.17, 15) is 14.9 Å². The van der Waals surface area contributed by atoms with E-state index in [1.54, 1.807) is 13.0 Å². The average Bonchev–Trinajstić information content (AvgIpc) is 2.70. The third-order valence-electron chi connectivity index (χ3n) is 3.29. The molecule has 18 heavy (non-hydrogen) atoms. The van der Waals surface area contributed by atoms with Crippen molar-refractivity contribution in [2.75, 3.05) is 13.1 Å². The zero-order chi connectivity index (χ0) is 13.3. The fourth-order valence-electron chi connectivity index (χ4n) is 2.03. The Morgan fingerprint density at radius 2 is 2.33 bits per heavy atom. The van der Waals surface area contributed by atoms with Crippen molar-refractivity contribution in [3.05, 3.63) is 28.0 Å². The van der Waals surface area contributed by atoms with Crippen molar-refractivity contribution < 1.29 is 19.2 Å². The molecule has 98 valence electrons. The van der Waals surface area contributed by atoms with E-state index >= 15 is 0 Å². The zero-order valence-corrected chi connectivity index (χ0v) is 9.91. The Labute approximate surface area is 103 Å². The largest absolute Gasteiger partial charge is 0.481 e. The maximum absolute atomic E-state index is 10.8. The van der Waals surface area contributed by atoms with Crippen molar-refractivity contribution in [1.29, 1.82) is 0 Å². The minimum absolute atomic E-state index is 0.146. The van der Waals surface area contributed by atoms with Gasteiger partial charge in [0.05, 0.1) is 18.5 Å². The maximum atomic E-state index is 10.8. The van der Waals surface area contributed by atoms with E-state index in [-0.39, 0.29) is 17.7 Å². The highest BCUT2D eigenvalue weighted by molar-refractivity contribution is 5.70. The second kappa shape index (κ2) is 4.77. The van der Waals surface area contributed by atoms with E-state index < -0.39 is 10.9 Å². The summed E-state index contributed by atoms with van der Waals surface area (Å²) in [6, 6.07) is 2.90. The van der Waals surface area contributed by atoms with E-state index in [2.05, 4.69) is 0 Å². The van der Waals surface area contributed by atoms with E-state index in [4.69, 9.17) is 9.52 Å². The van der Waals surface area contributed by atoms with Crippen LogP contribution in [0.5, 0.6) is 0 Å².